The van der Waals surface area contributed by atoms with E-state index in [1.165, 1.54) is 11.6 Å². The van der Waals surface area contributed by atoms with E-state index in [9.17, 15) is 4.39 Å². The van der Waals surface area contributed by atoms with Gasteiger partial charge in [-0.25, -0.2) is 4.39 Å². The van der Waals surface area contributed by atoms with E-state index in [2.05, 4.69) is 28.3 Å². The monoisotopic (exact) mass is 449 g/mol. The number of fused-ring (bicyclic) bond motifs is 1. The van der Waals surface area contributed by atoms with E-state index in [1.54, 1.807) is 18.4 Å². The first-order valence-electron chi connectivity index (χ1n) is 11.1. The molecule has 4 aromatic rings. The van der Waals surface area contributed by atoms with Crippen LogP contribution in [0.1, 0.15) is 44.1 Å². The van der Waals surface area contributed by atoms with Gasteiger partial charge in [0.1, 0.15) is 17.8 Å². The first-order chi connectivity index (χ1) is 15.6. The van der Waals surface area contributed by atoms with Gasteiger partial charge in [0, 0.05) is 28.2 Å². The number of nitrogens with one attached hydrogen (secondary N) is 1. The van der Waals surface area contributed by atoms with Crippen molar-refractivity contribution in [3.05, 3.63) is 77.4 Å². The summed E-state index contributed by atoms with van der Waals surface area (Å²) in [4.78, 5) is 8.98. The molecule has 0 saturated heterocycles. The summed E-state index contributed by atoms with van der Waals surface area (Å²) in [5.74, 6) is 0.758. The van der Waals surface area contributed by atoms with Crippen molar-refractivity contribution < 1.29 is 8.81 Å². The molecule has 2 aromatic carbocycles. The third-order valence-electron chi connectivity index (χ3n) is 6.65. The lowest BCUT2D eigenvalue weighted by molar-refractivity contribution is 0.299. The van der Waals surface area contributed by atoms with E-state index in [1.807, 2.05) is 30.5 Å². The number of oxazole rings is 1. The molecule has 1 aliphatic carbocycles. The van der Waals surface area contributed by atoms with Crippen LogP contribution in [0.5, 0.6) is 0 Å². The van der Waals surface area contributed by atoms with E-state index >= 15 is 0 Å². The van der Waals surface area contributed by atoms with Gasteiger partial charge in [-0.1, -0.05) is 23.7 Å². The minimum Gasteiger partial charge on any atom is -0.432 e. The van der Waals surface area contributed by atoms with Gasteiger partial charge >= 0.3 is 0 Å². The zero-order valence-corrected chi connectivity index (χ0v) is 18.6. The summed E-state index contributed by atoms with van der Waals surface area (Å²) < 4.78 is 19.5. The molecule has 0 spiro atoms. The van der Waals surface area contributed by atoms with Crippen molar-refractivity contribution in [2.24, 2.45) is 5.92 Å². The smallest absolute Gasteiger partial charge is 0.295 e. The molecular weight excluding hydrogens is 425 g/mol. The molecule has 164 valence electrons. The van der Waals surface area contributed by atoms with Crippen LogP contribution in [0.3, 0.4) is 0 Å². The summed E-state index contributed by atoms with van der Waals surface area (Å²) >= 11 is 5.97. The minimum absolute atomic E-state index is 0.206. The lowest BCUT2D eigenvalue weighted by Crippen LogP contribution is -2.29. The predicted molar refractivity (Wildman–Crippen MR) is 126 cm³/mol. The maximum absolute atomic E-state index is 13.8. The summed E-state index contributed by atoms with van der Waals surface area (Å²) in [5, 5.41) is 5.08. The molecule has 6 heteroatoms. The summed E-state index contributed by atoms with van der Waals surface area (Å²) in [5.41, 5.74) is 3.84. The maximum atomic E-state index is 13.8. The van der Waals surface area contributed by atoms with Gasteiger partial charge in [0.15, 0.2) is 0 Å². The van der Waals surface area contributed by atoms with Gasteiger partial charge < -0.3 is 9.73 Å². The Kier molecular flexibility index (Phi) is 5.83. The van der Waals surface area contributed by atoms with Crippen LogP contribution in [0, 0.1) is 11.7 Å². The second-order valence-corrected chi connectivity index (χ2v) is 9.09. The van der Waals surface area contributed by atoms with Gasteiger partial charge in [-0.05, 0) is 86.4 Å². The number of pyridine rings is 1. The van der Waals surface area contributed by atoms with Crippen molar-refractivity contribution in [2.45, 2.75) is 44.6 Å². The molecule has 1 saturated carbocycles. The van der Waals surface area contributed by atoms with Crippen LogP contribution in [0.4, 0.5) is 10.4 Å². The standard InChI is InChI=1S/C26H25ClFN3O/c1-16(30-26-31-25(15-32-26)19-6-8-20(27)9-7-19)17-2-4-18(5-3-17)22-12-13-29-24-11-10-21(28)14-23(22)24/h6-18H,2-5H2,1H3,(H,30,31)/t16-,17?,18?/m1/s1. The molecule has 2 heterocycles. The topological polar surface area (TPSA) is 51.0 Å². The van der Waals surface area contributed by atoms with Crippen LogP contribution in [-0.4, -0.2) is 16.0 Å². The highest BCUT2D eigenvalue weighted by atomic mass is 35.5. The molecule has 1 N–H and O–H groups in total. The average Bonchev–Trinajstić information content (AvgIpc) is 3.27. The van der Waals surface area contributed by atoms with Crippen molar-refractivity contribution in [2.75, 3.05) is 5.32 Å². The Balaban J connectivity index is 1.22. The first kappa shape index (κ1) is 21.0. The molecule has 0 bridgehead atoms. The average molecular weight is 450 g/mol. The van der Waals surface area contributed by atoms with E-state index in [0.717, 1.165) is 47.8 Å². The molecule has 1 atom stereocenters. The van der Waals surface area contributed by atoms with Gasteiger partial charge in [-0.2, -0.15) is 4.98 Å². The number of benzene rings is 2. The number of hydrogen-bond acceptors (Lipinski definition) is 4. The molecule has 0 unspecified atom stereocenters. The summed E-state index contributed by atoms with van der Waals surface area (Å²) in [6, 6.07) is 15.3. The Labute approximate surface area is 191 Å². The van der Waals surface area contributed by atoms with Gasteiger partial charge in [-0.15, -0.1) is 0 Å². The molecule has 5 rings (SSSR count). The fraction of sp³-hybridized carbons (Fsp3) is 0.308. The van der Waals surface area contributed by atoms with Crippen molar-refractivity contribution >= 4 is 28.5 Å². The summed E-state index contributed by atoms with van der Waals surface area (Å²) in [6.07, 6.45) is 7.86. The van der Waals surface area contributed by atoms with Crippen LogP contribution >= 0.6 is 11.6 Å². The quantitative estimate of drug-likeness (QED) is 0.343. The molecule has 0 aliphatic heterocycles. The van der Waals surface area contributed by atoms with Crippen LogP contribution < -0.4 is 5.32 Å². The van der Waals surface area contributed by atoms with Gasteiger partial charge in [0.05, 0.1) is 5.52 Å². The Bertz CT molecular complexity index is 1220. The van der Waals surface area contributed by atoms with Crippen LogP contribution in [0.15, 0.2) is 65.4 Å². The van der Waals surface area contributed by atoms with E-state index < -0.39 is 0 Å². The Morgan fingerprint density at radius 3 is 2.62 bits per heavy atom. The largest absolute Gasteiger partial charge is 0.432 e. The van der Waals surface area contributed by atoms with Crippen molar-refractivity contribution in [3.63, 3.8) is 0 Å². The van der Waals surface area contributed by atoms with E-state index in [-0.39, 0.29) is 11.9 Å². The Morgan fingerprint density at radius 2 is 1.84 bits per heavy atom. The van der Waals surface area contributed by atoms with Crippen LogP contribution in [-0.2, 0) is 0 Å². The second kappa shape index (κ2) is 8.91. The Morgan fingerprint density at radius 1 is 1.06 bits per heavy atom. The molecule has 0 radical (unpaired) electrons. The lowest BCUT2D eigenvalue weighted by Gasteiger charge is -2.33. The van der Waals surface area contributed by atoms with Crippen molar-refractivity contribution in [1.82, 2.24) is 9.97 Å². The third-order valence-corrected chi connectivity index (χ3v) is 6.90. The number of nitrogens with zero attached hydrogens (tertiary/aromatic N) is 2. The van der Waals surface area contributed by atoms with Gasteiger partial charge in [0.2, 0.25) is 0 Å². The highest BCUT2D eigenvalue weighted by Gasteiger charge is 2.27. The Hall–Kier alpha value is -2.92. The normalized spacial score (nSPS) is 19.7. The number of anilines is 1. The molecule has 4 nitrogen and oxygen atoms in total. The highest BCUT2D eigenvalue weighted by Crippen LogP contribution is 2.40. The summed E-state index contributed by atoms with van der Waals surface area (Å²) in [7, 11) is 0. The van der Waals surface area contributed by atoms with E-state index in [0.29, 0.717) is 22.9 Å². The number of halogens is 2. The number of rotatable bonds is 5. The SMILES string of the molecule is C[C@@H](Nc1nc(-c2ccc(Cl)cc2)co1)C1CCC(c2ccnc3ccc(F)cc23)CC1. The molecule has 32 heavy (non-hydrogen) atoms. The number of aromatic nitrogens is 2. The zero-order chi connectivity index (χ0) is 22.1. The minimum atomic E-state index is -0.206. The van der Waals surface area contributed by atoms with Crippen molar-refractivity contribution in [3.8, 4) is 11.3 Å². The molecule has 2 aromatic heterocycles. The third kappa shape index (κ3) is 4.35. The fourth-order valence-electron chi connectivity index (χ4n) is 4.83. The zero-order valence-electron chi connectivity index (χ0n) is 17.9. The van der Waals surface area contributed by atoms with Crippen LogP contribution in [0.2, 0.25) is 5.02 Å². The van der Waals surface area contributed by atoms with Gasteiger partial charge in [-0.3, -0.25) is 4.98 Å². The predicted octanol–water partition coefficient (Wildman–Crippen LogP) is 7.46. The second-order valence-electron chi connectivity index (χ2n) is 8.65. The molecule has 1 fully saturated rings. The summed E-state index contributed by atoms with van der Waals surface area (Å²) in [6.45, 7) is 2.19. The molecular formula is C26H25ClFN3O. The van der Waals surface area contributed by atoms with Crippen LogP contribution in [0.25, 0.3) is 22.2 Å². The van der Waals surface area contributed by atoms with E-state index in [4.69, 9.17) is 16.0 Å². The maximum Gasteiger partial charge on any atom is 0.295 e. The molecule has 0 amide bonds. The highest BCUT2D eigenvalue weighted by molar-refractivity contribution is 6.30. The van der Waals surface area contributed by atoms with Gasteiger partial charge in [0.25, 0.3) is 6.01 Å². The molecule has 1 aliphatic rings. The first-order valence-corrected chi connectivity index (χ1v) is 11.5. The lowest BCUT2D eigenvalue weighted by atomic mass is 9.75. The fourth-order valence-corrected chi connectivity index (χ4v) is 4.96. The van der Waals surface area contributed by atoms with Crippen molar-refractivity contribution in [1.29, 1.82) is 0 Å². The number of hydrogen-bond donors (Lipinski definition) is 1.